The molecule has 5 heteroatoms. The summed E-state index contributed by atoms with van der Waals surface area (Å²) < 4.78 is 6.29. The Morgan fingerprint density at radius 1 is 1.41 bits per heavy atom. The second-order valence-electron chi connectivity index (χ2n) is 4.65. The molecule has 0 spiro atoms. The quantitative estimate of drug-likeness (QED) is 0.690. The highest BCUT2D eigenvalue weighted by Crippen LogP contribution is 2.31. The molecule has 0 fully saturated rings. The van der Waals surface area contributed by atoms with Crippen LogP contribution in [0.15, 0.2) is 47.3 Å². The lowest BCUT2D eigenvalue weighted by Gasteiger charge is -2.04. The molecule has 0 aliphatic heterocycles. The third-order valence-electron chi connectivity index (χ3n) is 3.36. The molecule has 0 saturated heterocycles. The summed E-state index contributed by atoms with van der Waals surface area (Å²) >= 11 is 3.47. The number of nitrogens with zero attached hydrogens (tertiary/aromatic N) is 2. The molecule has 1 aromatic carbocycles. The second kappa shape index (κ2) is 6.04. The molecule has 0 unspecified atom stereocenters. The van der Waals surface area contributed by atoms with Gasteiger partial charge in [0.15, 0.2) is 5.70 Å². The predicted octanol–water partition coefficient (Wildman–Crippen LogP) is 4.75. The summed E-state index contributed by atoms with van der Waals surface area (Å²) in [5.74, 6) is 0.692. The number of fused-ring (bicyclic) bond motifs is 1. The van der Waals surface area contributed by atoms with Crippen LogP contribution in [0.3, 0.4) is 0 Å². The highest BCUT2D eigenvalue weighted by Gasteiger charge is 2.11. The van der Waals surface area contributed by atoms with E-state index in [9.17, 15) is 0 Å². The molecule has 0 atom stereocenters. The summed E-state index contributed by atoms with van der Waals surface area (Å²) in [6, 6.07) is 7.73. The fourth-order valence-corrected chi connectivity index (χ4v) is 2.67. The molecule has 3 rings (SSSR count). The molecular formula is C17H12BrN3O. The summed E-state index contributed by atoms with van der Waals surface area (Å²) in [7, 11) is 1.60. The number of rotatable bonds is 3. The van der Waals surface area contributed by atoms with Crippen LogP contribution in [0.4, 0.5) is 0 Å². The van der Waals surface area contributed by atoms with E-state index >= 15 is 0 Å². The topological polar surface area (TPSA) is 42.3 Å². The molecule has 3 aromatic rings. The van der Waals surface area contributed by atoms with E-state index in [0.29, 0.717) is 11.4 Å². The van der Waals surface area contributed by atoms with Gasteiger partial charge in [-0.25, -0.2) is 4.85 Å². The fourth-order valence-electron chi connectivity index (χ4n) is 2.31. The van der Waals surface area contributed by atoms with Crippen LogP contribution in [-0.4, -0.2) is 17.1 Å². The second-order valence-corrected chi connectivity index (χ2v) is 5.57. The zero-order valence-corrected chi connectivity index (χ0v) is 13.4. The third-order valence-corrected chi connectivity index (χ3v) is 3.86. The van der Waals surface area contributed by atoms with Crippen LogP contribution >= 0.6 is 15.9 Å². The van der Waals surface area contributed by atoms with Crippen molar-refractivity contribution in [3.63, 3.8) is 0 Å². The molecule has 2 heterocycles. The summed E-state index contributed by atoms with van der Waals surface area (Å²) in [6.45, 7) is 7.51. The number of ether oxygens (including phenoxy) is 1. The van der Waals surface area contributed by atoms with Crippen molar-refractivity contribution in [2.75, 3.05) is 7.11 Å². The van der Waals surface area contributed by atoms with E-state index in [-0.39, 0.29) is 0 Å². The lowest BCUT2D eigenvalue weighted by molar-refractivity contribution is 0.413. The van der Waals surface area contributed by atoms with Gasteiger partial charge in [0.1, 0.15) is 5.75 Å². The maximum Gasteiger partial charge on any atom is 0.197 e. The zero-order chi connectivity index (χ0) is 15.5. The minimum atomic E-state index is 0.538. The number of hydrogen-bond acceptors (Lipinski definition) is 2. The van der Waals surface area contributed by atoms with Crippen LogP contribution in [0.5, 0.6) is 5.75 Å². The summed E-state index contributed by atoms with van der Waals surface area (Å²) in [4.78, 5) is 11.0. The molecule has 4 nitrogen and oxygen atoms in total. The Hall–Kier alpha value is -2.58. The zero-order valence-electron chi connectivity index (χ0n) is 11.8. The van der Waals surface area contributed by atoms with Crippen LogP contribution in [-0.2, 0) is 0 Å². The minimum Gasteiger partial charge on any atom is -0.496 e. The summed E-state index contributed by atoms with van der Waals surface area (Å²) in [5.41, 5.74) is 3.17. The van der Waals surface area contributed by atoms with E-state index in [1.807, 2.05) is 24.4 Å². The van der Waals surface area contributed by atoms with Crippen LogP contribution in [0.25, 0.3) is 27.5 Å². The molecule has 0 saturated carbocycles. The Labute approximate surface area is 136 Å². The molecule has 0 radical (unpaired) electrons. The molecule has 0 aliphatic rings. The molecule has 22 heavy (non-hydrogen) atoms. The number of aromatic amines is 1. The first-order chi connectivity index (χ1) is 10.7. The SMILES string of the molecule is [C-]#[N+]/C(=C\c1cnccc1OC)c1c[nH]c2ccc(Br)cc12. The van der Waals surface area contributed by atoms with Gasteiger partial charge in [0.05, 0.1) is 13.7 Å². The highest BCUT2D eigenvalue weighted by molar-refractivity contribution is 9.10. The Morgan fingerprint density at radius 2 is 2.27 bits per heavy atom. The van der Waals surface area contributed by atoms with Gasteiger partial charge in [0, 0.05) is 33.5 Å². The van der Waals surface area contributed by atoms with Crippen molar-refractivity contribution in [3.05, 3.63) is 69.9 Å². The van der Waals surface area contributed by atoms with Gasteiger partial charge in [-0.2, -0.15) is 0 Å². The van der Waals surface area contributed by atoms with Crippen molar-refractivity contribution < 1.29 is 4.74 Å². The molecule has 2 aromatic heterocycles. The number of aromatic nitrogens is 2. The normalized spacial score (nSPS) is 11.4. The van der Waals surface area contributed by atoms with Crippen molar-refractivity contribution in [1.82, 2.24) is 9.97 Å². The lowest BCUT2D eigenvalue weighted by Crippen LogP contribution is -1.88. The maximum absolute atomic E-state index is 7.51. The Bertz CT molecular complexity index is 906. The minimum absolute atomic E-state index is 0.538. The van der Waals surface area contributed by atoms with Crippen molar-refractivity contribution in [3.8, 4) is 5.75 Å². The Morgan fingerprint density at radius 3 is 3.05 bits per heavy atom. The molecule has 0 amide bonds. The molecule has 1 N–H and O–H groups in total. The van der Waals surface area contributed by atoms with Gasteiger partial charge in [0.25, 0.3) is 0 Å². The van der Waals surface area contributed by atoms with Crippen molar-refractivity contribution in [2.45, 2.75) is 0 Å². The number of nitrogens with one attached hydrogen (secondary N) is 1. The number of halogens is 1. The lowest BCUT2D eigenvalue weighted by atomic mass is 10.1. The Kier molecular flexibility index (Phi) is 3.94. The average molecular weight is 354 g/mol. The fraction of sp³-hybridized carbons (Fsp3) is 0.0588. The smallest absolute Gasteiger partial charge is 0.197 e. The number of pyridine rings is 1. The van der Waals surface area contributed by atoms with Crippen molar-refractivity contribution >= 4 is 38.6 Å². The van der Waals surface area contributed by atoms with Crippen LogP contribution in [0, 0.1) is 6.57 Å². The van der Waals surface area contributed by atoms with E-state index in [2.05, 4.69) is 30.7 Å². The number of hydrogen-bond donors (Lipinski definition) is 1. The molecule has 108 valence electrons. The van der Waals surface area contributed by atoms with Crippen molar-refractivity contribution in [2.24, 2.45) is 0 Å². The first-order valence-electron chi connectivity index (χ1n) is 6.57. The third kappa shape index (κ3) is 2.61. The molecule has 0 aliphatic carbocycles. The first kappa shape index (κ1) is 14.4. The van der Waals surface area contributed by atoms with Gasteiger partial charge in [0.2, 0.25) is 0 Å². The number of H-pyrrole nitrogens is 1. The van der Waals surface area contributed by atoms with Crippen molar-refractivity contribution in [1.29, 1.82) is 0 Å². The monoisotopic (exact) mass is 353 g/mol. The van der Waals surface area contributed by atoms with Gasteiger partial charge in [-0.3, -0.25) is 4.98 Å². The first-order valence-corrected chi connectivity index (χ1v) is 7.36. The van der Waals surface area contributed by atoms with Gasteiger partial charge < -0.3 is 9.72 Å². The van der Waals surface area contributed by atoms with Crippen LogP contribution in [0.1, 0.15) is 11.1 Å². The standard InChI is InChI=1S/C17H12BrN3O/c1-19-16(7-11-9-20-6-5-17(11)22-2)14-10-21-15-4-3-12(18)8-13(14)15/h3-10,21H,2H3/b16-7-. The maximum atomic E-state index is 7.51. The van der Waals surface area contributed by atoms with Gasteiger partial charge in [-0.05, 0) is 41.9 Å². The van der Waals surface area contributed by atoms with E-state index < -0.39 is 0 Å². The van der Waals surface area contributed by atoms with E-state index in [1.165, 1.54) is 0 Å². The molecular weight excluding hydrogens is 342 g/mol. The largest absolute Gasteiger partial charge is 0.496 e. The number of methoxy groups -OCH3 is 1. The summed E-state index contributed by atoms with van der Waals surface area (Å²) in [5, 5.41) is 1.000. The van der Waals surface area contributed by atoms with Crippen LogP contribution < -0.4 is 4.74 Å². The van der Waals surface area contributed by atoms with Gasteiger partial charge in [-0.15, -0.1) is 0 Å². The van der Waals surface area contributed by atoms with E-state index in [0.717, 1.165) is 26.5 Å². The van der Waals surface area contributed by atoms with Gasteiger partial charge in [-0.1, -0.05) is 15.9 Å². The highest BCUT2D eigenvalue weighted by atomic mass is 79.9. The van der Waals surface area contributed by atoms with Gasteiger partial charge >= 0.3 is 0 Å². The van der Waals surface area contributed by atoms with E-state index in [4.69, 9.17) is 11.3 Å². The van der Waals surface area contributed by atoms with E-state index in [1.54, 1.807) is 31.6 Å². The predicted molar refractivity (Wildman–Crippen MR) is 91.3 cm³/mol. The molecule has 0 bridgehead atoms. The average Bonchev–Trinajstić information content (AvgIpc) is 2.95. The van der Waals surface area contributed by atoms with Crippen LogP contribution in [0.2, 0.25) is 0 Å². The number of benzene rings is 1. The Balaban J connectivity index is 2.16. The summed E-state index contributed by atoms with van der Waals surface area (Å²) in [6.07, 6.45) is 7.00.